The molecule has 0 bridgehead atoms. The molecule has 4 heteroatoms. The summed E-state index contributed by atoms with van der Waals surface area (Å²) in [5, 5.41) is 2.15. The van der Waals surface area contributed by atoms with Gasteiger partial charge in [-0.05, 0) is 95.6 Å². The number of rotatable bonds is 6. The molecule has 0 saturated carbocycles. The van der Waals surface area contributed by atoms with Crippen LogP contribution in [0.2, 0.25) is 0 Å². The second-order valence-corrected chi connectivity index (χ2v) is 10.5. The molecular weight excluding hydrogens is 498 g/mol. The van der Waals surface area contributed by atoms with Crippen molar-refractivity contribution in [1.82, 2.24) is 0 Å². The number of hydrogen-bond donors (Lipinski definition) is 0. The van der Waals surface area contributed by atoms with Crippen LogP contribution in [-0.2, 0) is 0 Å². The summed E-state index contributed by atoms with van der Waals surface area (Å²) in [7, 11) is 0. The molecule has 0 aliphatic rings. The number of benzene rings is 5. The van der Waals surface area contributed by atoms with Crippen molar-refractivity contribution in [3.63, 3.8) is 0 Å². The average Bonchev–Trinajstić information content (AvgIpc) is 3.63. The molecule has 7 rings (SSSR count). The summed E-state index contributed by atoms with van der Waals surface area (Å²) < 4.78 is 6.15. The van der Waals surface area contributed by atoms with E-state index in [1.54, 1.807) is 0 Å². The van der Waals surface area contributed by atoms with Crippen molar-refractivity contribution in [2.24, 2.45) is 0 Å². The van der Waals surface area contributed by atoms with Gasteiger partial charge in [0.1, 0.15) is 11.2 Å². The standard InChI is InChI=1S/C35H23NO2S/c37-23-30-17-20-35(39-30)26-14-19-34-32(22-26)31-21-25(13-18-33(31)38-34)24-11-15-29(16-12-24)36(27-7-3-1-4-8-27)28-9-5-2-6-10-28/h1-23H. The highest BCUT2D eigenvalue weighted by molar-refractivity contribution is 7.17. The Labute approximate surface area is 230 Å². The van der Waals surface area contributed by atoms with Gasteiger partial charge in [0, 0.05) is 32.7 Å². The molecule has 2 aromatic heterocycles. The largest absolute Gasteiger partial charge is 0.456 e. The van der Waals surface area contributed by atoms with Gasteiger partial charge in [-0.2, -0.15) is 0 Å². The maximum atomic E-state index is 11.2. The summed E-state index contributed by atoms with van der Waals surface area (Å²) in [6.07, 6.45) is 0.899. The van der Waals surface area contributed by atoms with Crippen LogP contribution >= 0.6 is 11.3 Å². The number of nitrogens with zero attached hydrogens (tertiary/aromatic N) is 1. The molecule has 5 aromatic carbocycles. The number of carbonyl (C=O) groups is 1. The van der Waals surface area contributed by atoms with Gasteiger partial charge in [-0.15, -0.1) is 11.3 Å². The van der Waals surface area contributed by atoms with Crippen LogP contribution in [0, 0.1) is 0 Å². The minimum absolute atomic E-state index is 0.728. The molecule has 0 amide bonds. The zero-order valence-electron chi connectivity index (χ0n) is 21.0. The molecular formula is C35H23NO2S. The van der Waals surface area contributed by atoms with Gasteiger partial charge in [-0.1, -0.05) is 54.6 Å². The zero-order valence-corrected chi connectivity index (χ0v) is 21.8. The van der Waals surface area contributed by atoms with Gasteiger partial charge in [-0.25, -0.2) is 0 Å². The van der Waals surface area contributed by atoms with E-state index in [1.165, 1.54) is 11.3 Å². The van der Waals surface area contributed by atoms with Crippen LogP contribution in [-0.4, -0.2) is 6.29 Å². The number of thiophene rings is 1. The van der Waals surface area contributed by atoms with E-state index in [0.717, 1.165) is 71.7 Å². The van der Waals surface area contributed by atoms with Crippen LogP contribution in [0.25, 0.3) is 43.5 Å². The molecule has 0 aliphatic carbocycles. The van der Waals surface area contributed by atoms with E-state index >= 15 is 0 Å². The molecule has 2 heterocycles. The Morgan fingerprint density at radius 2 is 1.08 bits per heavy atom. The first-order valence-electron chi connectivity index (χ1n) is 12.8. The molecule has 0 N–H and O–H groups in total. The van der Waals surface area contributed by atoms with Crippen LogP contribution in [0.4, 0.5) is 17.1 Å². The average molecular weight is 522 g/mol. The highest BCUT2D eigenvalue weighted by Crippen LogP contribution is 2.38. The Balaban J connectivity index is 1.27. The summed E-state index contributed by atoms with van der Waals surface area (Å²) in [6, 6.07) is 46.0. The Morgan fingerprint density at radius 3 is 1.67 bits per heavy atom. The second kappa shape index (κ2) is 9.75. The Kier molecular flexibility index (Phi) is 5.80. The molecule has 0 unspecified atom stereocenters. The number of para-hydroxylation sites is 2. The molecule has 0 aliphatic heterocycles. The van der Waals surface area contributed by atoms with Gasteiger partial charge in [-0.3, -0.25) is 4.79 Å². The molecule has 186 valence electrons. The molecule has 39 heavy (non-hydrogen) atoms. The van der Waals surface area contributed by atoms with Gasteiger partial charge in [0.05, 0.1) is 4.88 Å². The van der Waals surface area contributed by atoms with Gasteiger partial charge in [0.25, 0.3) is 0 Å². The summed E-state index contributed by atoms with van der Waals surface area (Å²) >= 11 is 1.50. The minimum atomic E-state index is 0.728. The number of hydrogen-bond acceptors (Lipinski definition) is 4. The highest BCUT2D eigenvalue weighted by atomic mass is 32.1. The van der Waals surface area contributed by atoms with Crippen molar-refractivity contribution < 1.29 is 9.21 Å². The van der Waals surface area contributed by atoms with Crippen LogP contribution in [0.15, 0.2) is 138 Å². The van der Waals surface area contributed by atoms with E-state index in [0.29, 0.717) is 0 Å². The molecule has 0 spiro atoms. The monoisotopic (exact) mass is 521 g/mol. The van der Waals surface area contributed by atoms with E-state index in [4.69, 9.17) is 4.42 Å². The summed E-state index contributed by atoms with van der Waals surface area (Å²) in [4.78, 5) is 15.2. The zero-order chi connectivity index (χ0) is 26.2. The van der Waals surface area contributed by atoms with Crippen molar-refractivity contribution in [3.05, 3.63) is 138 Å². The van der Waals surface area contributed by atoms with E-state index in [2.05, 4.69) is 102 Å². The number of furan rings is 1. The van der Waals surface area contributed by atoms with Crippen molar-refractivity contribution in [2.45, 2.75) is 0 Å². The van der Waals surface area contributed by atoms with Gasteiger partial charge in [0.15, 0.2) is 6.29 Å². The summed E-state index contributed by atoms with van der Waals surface area (Å²) in [5.41, 5.74) is 8.40. The third-order valence-corrected chi connectivity index (χ3v) is 8.04. The lowest BCUT2D eigenvalue weighted by Crippen LogP contribution is -2.09. The molecule has 3 nitrogen and oxygen atoms in total. The Morgan fingerprint density at radius 1 is 0.538 bits per heavy atom. The van der Waals surface area contributed by atoms with E-state index in [9.17, 15) is 4.79 Å². The molecule has 0 fully saturated rings. The smallest absolute Gasteiger partial charge is 0.160 e. The lowest BCUT2D eigenvalue weighted by atomic mass is 10.0. The number of carbonyl (C=O) groups excluding carboxylic acids is 1. The maximum absolute atomic E-state index is 11.2. The number of anilines is 3. The number of aldehydes is 1. The third-order valence-electron chi connectivity index (χ3n) is 6.98. The summed E-state index contributed by atoms with van der Waals surface area (Å²) in [6.45, 7) is 0. The van der Waals surface area contributed by atoms with Crippen LogP contribution < -0.4 is 4.90 Å². The molecule has 0 radical (unpaired) electrons. The number of fused-ring (bicyclic) bond motifs is 3. The van der Waals surface area contributed by atoms with E-state index < -0.39 is 0 Å². The van der Waals surface area contributed by atoms with E-state index in [-0.39, 0.29) is 0 Å². The van der Waals surface area contributed by atoms with Crippen molar-refractivity contribution in [1.29, 1.82) is 0 Å². The van der Waals surface area contributed by atoms with Crippen molar-refractivity contribution >= 4 is 56.6 Å². The SMILES string of the molecule is O=Cc1ccc(-c2ccc3oc4ccc(-c5ccc(N(c6ccccc6)c6ccccc6)cc5)cc4c3c2)s1. The third kappa shape index (κ3) is 4.31. The molecule has 7 aromatic rings. The first kappa shape index (κ1) is 23.2. The van der Waals surface area contributed by atoms with Crippen molar-refractivity contribution in [2.75, 3.05) is 4.90 Å². The fraction of sp³-hybridized carbons (Fsp3) is 0. The fourth-order valence-electron chi connectivity index (χ4n) is 5.09. The van der Waals surface area contributed by atoms with Crippen molar-refractivity contribution in [3.8, 4) is 21.6 Å². The van der Waals surface area contributed by atoms with Gasteiger partial charge < -0.3 is 9.32 Å². The van der Waals surface area contributed by atoms with Crippen LogP contribution in [0.5, 0.6) is 0 Å². The predicted octanol–water partition coefficient (Wildman–Crippen LogP) is 10.3. The normalized spacial score (nSPS) is 11.2. The lowest BCUT2D eigenvalue weighted by Gasteiger charge is -2.25. The summed E-state index contributed by atoms with van der Waals surface area (Å²) in [5.74, 6) is 0. The first-order valence-corrected chi connectivity index (χ1v) is 13.6. The van der Waals surface area contributed by atoms with Gasteiger partial charge >= 0.3 is 0 Å². The van der Waals surface area contributed by atoms with Crippen LogP contribution in [0.3, 0.4) is 0 Å². The minimum Gasteiger partial charge on any atom is -0.456 e. The quantitative estimate of drug-likeness (QED) is 0.204. The lowest BCUT2D eigenvalue weighted by molar-refractivity contribution is 0.112. The fourth-order valence-corrected chi connectivity index (χ4v) is 5.90. The van der Waals surface area contributed by atoms with Crippen LogP contribution in [0.1, 0.15) is 9.67 Å². The predicted molar refractivity (Wildman–Crippen MR) is 163 cm³/mol. The van der Waals surface area contributed by atoms with E-state index in [1.807, 2.05) is 36.4 Å². The maximum Gasteiger partial charge on any atom is 0.160 e. The first-order chi connectivity index (χ1) is 19.3. The molecule has 0 atom stereocenters. The Bertz CT molecular complexity index is 1880. The highest BCUT2D eigenvalue weighted by Gasteiger charge is 2.14. The van der Waals surface area contributed by atoms with Gasteiger partial charge in [0.2, 0.25) is 0 Å². The second-order valence-electron chi connectivity index (χ2n) is 9.40. The molecule has 0 saturated heterocycles. The topological polar surface area (TPSA) is 33.5 Å². The Hall–Kier alpha value is -4.93.